The molecule has 1 aromatic carbocycles. The Morgan fingerprint density at radius 2 is 2.06 bits per heavy atom. The van der Waals surface area contributed by atoms with Gasteiger partial charge >= 0.3 is 0 Å². The van der Waals surface area contributed by atoms with Crippen LogP contribution in [0.25, 0.3) is 22.3 Å². The number of ether oxygens (including phenoxy) is 1. The maximum Gasteiger partial charge on any atom is 0.258 e. The average Bonchev–Trinajstić information content (AvgIpc) is 3.24. The highest BCUT2D eigenvalue weighted by molar-refractivity contribution is 14.2. The second-order valence-electron chi connectivity index (χ2n) is 8.29. The number of aromatic nitrogens is 5. The molecular weight excluding hydrogens is 552 g/mol. The van der Waals surface area contributed by atoms with Gasteiger partial charge in [0.1, 0.15) is 11.6 Å². The van der Waals surface area contributed by atoms with Gasteiger partial charge in [0.2, 0.25) is 0 Å². The van der Waals surface area contributed by atoms with Crippen LogP contribution in [0.1, 0.15) is 20.8 Å². The van der Waals surface area contributed by atoms with Crippen LogP contribution in [0.2, 0.25) is 0 Å². The summed E-state index contributed by atoms with van der Waals surface area (Å²) in [4.78, 5) is 25.8. The lowest BCUT2D eigenvalue weighted by molar-refractivity contribution is -0.124. The molecule has 33 heavy (non-hydrogen) atoms. The van der Waals surface area contributed by atoms with Crippen molar-refractivity contribution in [2.45, 2.75) is 26.3 Å². The van der Waals surface area contributed by atoms with Crippen LogP contribution >= 0.6 is 28.4 Å². The van der Waals surface area contributed by atoms with Gasteiger partial charge in [-0.15, -0.1) is 0 Å². The summed E-state index contributed by atoms with van der Waals surface area (Å²) in [6.45, 7) is 5.71. The highest BCUT2D eigenvalue weighted by atomic mass is 127. The van der Waals surface area contributed by atoms with E-state index in [-0.39, 0.29) is 18.1 Å². The Morgan fingerprint density at radius 1 is 1.21 bits per heavy atom. The second-order valence-corrected chi connectivity index (χ2v) is 10.4. The van der Waals surface area contributed by atoms with Gasteiger partial charge in [-0.2, -0.15) is 5.10 Å². The zero-order chi connectivity index (χ0) is 23.4. The lowest BCUT2D eigenvalue weighted by Crippen LogP contribution is -2.43. The first-order chi connectivity index (χ1) is 15.8. The van der Waals surface area contributed by atoms with Crippen molar-refractivity contribution >= 4 is 56.7 Å². The van der Waals surface area contributed by atoms with Gasteiger partial charge < -0.3 is 15.4 Å². The summed E-state index contributed by atoms with van der Waals surface area (Å²) in [7, 11) is 0. The number of pyridine rings is 1. The van der Waals surface area contributed by atoms with Crippen LogP contribution in [0, 0.1) is 0 Å². The van der Waals surface area contributed by atoms with Crippen molar-refractivity contribution in [1.82, 2.24) is 29.8 Å². The molecule has 11 heteroatoms. The van der Waals surface area contributed by atoms with Gasteiger partial charge in [0, 0.05) is 23.5 Å². The van der Waals surface area contributed by atoms with Gasteiger partial charge in [0.25, 0.3) is 5.91 Å². The van der Waals surface area contributed by atoms with Crippen LogP contribution in [-0.4, -0.2) is 42.6 Å². The third-order valence-electron chi connectivity index (χ3n) is 4.41. The smallest absolute Gasteiger partial charge is 0.258 e. The Balaban J connectivity index is 1.61. The van der Waals surface area contributed by atoms with Gasteiger partial charge in [-0.25, -0.2) is 14.4 Å². The SMILES string of the molecule is CC(C)(C)NC(=O)COc1cccc(-c2nc(Nc3cnn(PI)c3)c3cnccc3n2)c1. The number of rotatable bonds is 7. The summed E-state index contributed by atoms with van der Waals surface area (Å²) in [5.41, 5.74) is 2.05. The molecule has 0 bridgehead atoms. The van der Waals surface area contributed by atoms with Crippen molar-refractivity contribution in [2.24, 2.45) is 0 Å². The van der Waals surface area contributed by atoms with E-state index in [1.54, 1.807) is 24.7 Å². The molecule has 4 rings (SSSR count). The van der Waals surface area contributed by atoms with Crippen LogP contribution in [0.3, 0.4) is 0 Å². The molecule has 3 aromatic heterocycles. The number of carbonyl (C=O) groups excluding carboxylic acids is 1. The fraction of sp³-hybridized carbons (Fsp3) is 0.227. The number of fused-ring (bicyclic) bond motifs is 1. The quantitative estimate of drug-likeness (QED) is 0.243. The van der Waals surface area contributed by atoms with E-state index >= 15 is 0 Å². The van der Waals surface area contributed by atoms with E-state index in [4.69, 9.17) is 14.7 Å². The van der Waals surface area contributed by atoms with Crippen LogP contribution in [0.15, 0.2) is 55.1 Å². The maximum atomic E-state index is 12.1. The molecule has 1 unspecified atom stereocenters. The Morgan fingerprint density at radius 3 is 2.82 bits per heavy atom. The summed E-state index contributed by atoms with van der Waals surface area (Å²) in [6.07, 6.45) is 7.62. The molecule has 0 radical (unpaired) electrons. The van der Waals surface area contributed by atoms with E-state index in [0.29, 0.717) is 23.8 Å². The van der Waals surface area contributed by atoms with E-state index in [1.165, 1.54) is 0 Å². The summed E-state index contributed by atoms with van der Waals surface area (Å²) in [5, 5.41) is 11.3. The number of benzene rings is 1. The standard InChI is InChI=1S/C22H23IN7O2P/c1-22(2,3)29-19(31)13-32-16-6-4-5-14(9-16)20-27-18-7-8-24-11-17(18)21(28-20)26-15-10-25-30(12-15)33-23/h4-12,33H,13H2,1-3H3,(H,29,31)(H,26,27,28). The first-order valence-corrected chi connectivity index (χ1v) is 14.2. The molecule has 1 amide bonds. The van der Waals surface area contributed by atoms with E-state index in [9.17, 15) is 4.79 Å². The third-order valence-corrected chi connectivity index (χ3v) is 6.31. The fourth-order valence-electron chi connectivity index (χ4n) is 3.10. The number of hydrogen-bond donors (Lipinski definition) is 2. The van der Waals surface area contributed by atoms with Crippen LogP contribution in [0.5, 0.6) is 5.75 Å². The molecule has 0 fully saturated rings. The molecule has 2 N–H and O–H groups in total. The van der Waals surface area contributed by atoms with Crippen LogP contribution in [-0.2, 0) is 4.79 Å². The van der Waals surface area contributed by atoms with Gasteiger partial charge in [0.15, 0.2) is 12.4 Å². The number of anilines is 2. The second kappa shape index (κ2) is 9.96. The molecule has 0 saturated heterocycles. The van der Waals surface area contributed by atoms with Gasteiger partial charge in [0.05, 0.1) is 35.4 Å². The van der Waals surface area contributed by atoms with Gasteiger partial charge in [-0.05, 0) is 61.0 Å². The summed E-state index contributed by atoms with van der Waals surface area (Å²) >= 11 is 2.27. The van der Waals surface area contributed by atoms with Crippen molar-refractivity contribution in [3.05, 3.63) is 55.1 Å². The van der Waals surface area contributed by atoms with Crippen molar-refractivity contribution in [3.63, 3.8) is 0 Å². The fourth-order valence-corrected chi connectivity index (χ4v) is 4.18. The zero-order valence-corrected chi connectivity index (χ0v) is 21.5. The van der Waals surface area contributed by atoms with E-state index in [2.05, 4.69) is 42.8 Å². The number of amides is 1. The molecule has 0 aliphatic rings. The Kier molecular flexibility index (Phi) is 7.04. The molecular formula is C22H23IN7O2P. The lowest BCUT2D eigenvalue weighted by atomic mass is 10.1. The minimum atomic E-state index is -0.312. The molecule has 0 saturated carbocycles. The van der Waals surface area contributed by atoms with Gasteiger partial charge in [-0.1, -0.05) is 12.1 Å². The number of nitrogens with zero attached hydrogens (tertiary/aromatic N) is 5. The molecule has 1 atom stereocenters. The molecule has 0 aliphatic carbocycles. The van der Waals surface area contributed by atoms with Gasteiger partial charge in [-0.3, -0.25) is 9.78 Å². The molecule has 170 valence electrons. The Bertz CT molecular complexity index is 1290. The minimum Gasteiger partial charge on any atom is -0.484 e. The molecule has 0 aliphatic heterocycles. The minimum absolute atomic E-state index is 0.0702. The lowest BCUT2D eigenvalue weighted by Gasteiger charge is -2.20. The first kappa shape index (κ1) is 23.3. The normalized spacial score (nSPS) is 11.8. The topological polar surface area (TPSA) is 107 Å². The van der Waals surface area contributed by atoms with E-state index < -0.39 is 0 Å². The van der Waals surface area contributed by atoms with Crippen molar-refractivity contribution < 1.29 is 9.53 Å². The van der Waals surface area contributed by atoms with Crippen LogP contribution < -0.4 is 15.4 Å². The monoisotopic (exact) mass is 575 g/mol. The summed E-state index contributed by atoms with van der Waals surface area (Å²) in [5.74, 6) is 1.55. The molecule has 0 spiro atoms. The maximum absolute atomic E-state index is 12.1. The first-order valence-electron chi connectivity index (χ1n) is 10.1. The predicted molar refractivity (Wildman–Crippen MR) is 139 cm³/mol. The zero-order valence-electron chi connectivity index (χ0n) is 18.3. The van der Waals surface area contributed by atoms with Crippen molar-refractivity contribution in [1.29, 1.82) is 0 Å². The summed E-state index contributed by atoms with van der Waals surface area (Å²) in [6, 6.07) is 9.23. The number of carbonyl (C=O) groups is 1. The molecule has 3 heterocycles. The summed E-state index contributed by atoms with van der Waals surface area (Å²) < 4.78 is 7.55. The predicted octanol–water partition coefficient (Wildman–Crippen LogP) is 4.72. The molecule has 4 aromatic rings. The highest BCUT2D eigenvalue weighted by Gasteiger charge is 2.15. The Labute approximate surface area is 206 Å². The van der Waals surface area contributed by atoms with E-state index in [1.807, 2.05) is 55.7 Å². The average molecular weight is 575 g/mol. The van der Waals surface area contributed by atoms with Crippen molar-refractivity contribution in [2.75, 3.05) is 11.9 Å². The Hall–Kier alpha value is -2.85. The van der Waals surface area contributed by atoms with Crippen molar-refractivity contribution in [3.8, 4) is 17.1 Å². The molecule has 9 nitrogen and oxygen atoms in total. The third kappa shape index (κ3) is 6.14. The number of nitrogens with one attached hydrogen (secondary N) is 2. The van der Waals surface area contributed by atoms with Crippen LogP contribution in [0.4, 0.5) is 11.5 Å². The highest BCUT2D eigenvalue weighted by Crippen LogP contribution is 2.29. The largest absolute Gasteiger partial charge is 0.484 e. The number of hydrogen-bond acceptors (Lipinski definition) is 7. The number of halogens is 1. The van der Waals surface area contributed by atoms with E-state index in [0.717, 1.165) is 22.2 Å².